The van der Waals surface area contributed by atoms with Crippen molar-refractivity contribution in [2.75, 3.05) is 26.2 Å². The summed E-state index contributed by atoms with van der Waals surface area (Å²) in [6.45, 7) is 2.94. The average Bonchev–Trinajstić information content (AvgIpc) is 2.94. The van der Waals surface area contributed by atoms with Crippen molar-refractivity contribution in [1.29, 1.82) is 0 Å². The second-order valence-corrected chi connectivity index (χ2v) is 7.16. The van der Waals surface area contributed by atoms with Gasteiger partial charge in [-0.1, -0.05) is 29.8 Å². The van der Waals surface area contributed by atoms with Crippen molar-refractivity contribution in [2.24, 2.45) is 0 Å². The number of rotatable bonds is 3. The number of nitrogens with zero attached hydrogens (tertiary/aromatic N) is 1. The van der Waals surface area contributed by atoms with E-state index < -0.39 is 17.8 Å². The van der Waals surface area contributed by atoms with Crippen LogP contribution in [0.2, 0.25) is 4.34 Å². The van der Waals surface area contributed by atoms with Crippen LogP contribution in [-0.2, 0) is 6.18 Å². The molecule has 1 saturated heterocycles. The monoisotopic (exact) mass is 396 g/mol. The maximum atomic E-state index is 13.4. The standard InChI is InChI=1S/C16H16ClF3N2S.ClH/c17-14-6-5-13(23-14)15(22-9-7-21-8-10-22)11-3-1-2-4-12(11)16(18,19)20;/h1-6,15,21H,7-10H2;1H/t15-;/m0./s1. The summed E-state index contributed by atoms with van der Waals surface area (Å²) in [4.78, 5) is 2.93. The lowest BCUT2D eigenvalue weighted by molar-refractivity contribution is -0.138. The molecule has 1 N–H and O–H groups in total. The molecule has 0 saturated carbocycles. The molecule has 132 valence electrons. The van der Waals surface area contributed by atoms with Crippen LogP contribution in [-0.4, -0.2) is 31.1 Å². The molecule has 2 nitrogen and oxygen atoms in total. The van der Waals surface area contributed by atoms with Gasteiger partial charge in [0.1, 0.15) is 0 Å². The van der Waals surface area contributed by atoms with E-state index in [0.717, 1.165) is 24.0 Å². The Morgan fingerprint density at radius 3 is 2.33 bits per heavy atom. The SMILES string of the molecule is Cl.FC(F)(F)c1ccccc1[C@@H](c1ccc(Cl)s1)N1CCNCC1. The normalized spacial score (nSPS) is 17.3. The van der Waals surface area contributed by atoms with Crippen LogP contribution in [0.1, 0.15) is 22.0 Å². The molecule has 0 spiro atoms. The van der Waals surface area contributed by atoms with Gasteiger partial charge < -0.3 is 5.32 Å². The van der Waals surface area contributed by atoms with Crippen molar-refractivity contribution in [2.45, 2.75) is 12.2 Å². The summed E-state index contributed by atoms with van der Waals surface area (Å²) in [5, 5.41) is 3.24. The largest absolute Gasteiger partial charge is 0.416 e. The van der Waals surface area contributed by atoms with Crippen LogP contribution in [0.25, 0.3) is 0 Å². The molecular formula is C16H17Cl2F3N2S. The Morgan fingerprint density at radius 2 is 1.75 bits per heavy atom. The summed E-state index contributed by atoms with van der Waals surface area (Å²) in [6, 6.07) is 8.97. The topological polar surface area (TPSA) is 15.3 Å². The lowest BCUT2D eigenvalue weighted by Gasteiger charge is -2.35. The number of halogens is 5. The van der Waals surface area contributed by atoms with Crippen LogP contribution in [0.4, 0.5) is 13.2 Å². The molecule has 1 fully saturated rings. The Kier molecular flexibility index (Phi) is 6.56. The van der Waals surface area contributed by atoms with Gasteiger partial charge in [-0.2, -0.15) is 13.2 Å². The predicted molar refractivity (Wildman–Crippen MR) is 94.3 cm³/mol. The molecule has 3 rings (SSSR count). The second kappa shape index (κ2) is 8.06. The molecule has 24 heavy (non-hydrogen) atoms. The number of hydrogen-bond acceptors (Lipinski definition) is 3. The molecule has 0 unspecified atom stereocenters. The van der Waals surface area contributed by atoms with Gasteiger partial charge in [-0.25, -0.2) is 0 Å². The van der Waals surface area contributed by atoms with Crippen LogP contribution in [0.3, 0.4) is 0 Å². The lowest BCUT2D eigenvalue weighted by atomic mass is 9.96. The second-order valence-electron chi connectivity index (χ2n) is 5.42. The minimum Gasteiger partial charge on any atom is -0.314 e. The number of piperazine rings is 1. The Labute approximate surface area is 154 Å². The van der Waals surface area contributed by atoms with Crippen LogP contribution in [0, 0.1) is 0 Å². The molecule has 8 heteroatoms. The maximum absolute atomic E-state index is 13.4. The van der Waals surface area contributed by atoms with Gasteiger partial charge in [-0.05, 0) is 23.8 Å². The summed E-state index contributed by atoms with van der Waals surface area (Å²) in [5.41, 5.74) is -0.284. The summed E-state index contributed by atoms with van der Waals surface area (Å²) < 4.78 is 40.9. The van der Waals surface area contributed by atoms with E-state index in [1.165, 1.54) is 17.4 Å². The van der Waals surface area contributed by atoms with Crippen LogP contribution in [0.15, 0.2) is 36.4 Å². The predicted octanol–water partition coefficient (Wildman–Crippen LogP) is 4.84. The molecule has 0 bridgehead atoms. The van der Waals surface area contributed by atoms with E-state index in [-0.39, 0.29) is 12.4 Å². The highest BCUT2D eigenvalue weighted by Crippen LogP contribution is 2.41. The van der Waals surface area contributed by atoms with Gasteiger partial charge in [0.2, 0.25) is 0 Å². The Hall–Kier alpha value is -0.790. The van der Waals surface area contributed by atoms with Crippen molar-refractivity contribution < 1.29 is 13.2 Å². The first kappa shape index (κ1) is 19.5. The molecular weight excluding hydrogens is 380 g/mol. The zero-order valence-electron chi connectivity index (χ0n) is 12.6. The van der Waals surface area contributed by atoms with E-state index in [9.17, 15) is 13.2 Å². The molecule has 1 aliphatic rings. The summed E-state index contributed by atoms with van der Waals surface area (Å²) in [5.74, 6) is 0. The minimum absolute atomic E-state index is 0. The average molecular weight is 397 g/mol. The number of nitrogens with one attached hydrogen (secondary N) is 1. The van der Waals surface area contributed by atoms with Gasteiger partial charge in [0.25, 0.3) is 0 Å². The smallest absolute Gasteiger partial charge is 0.314 e. The Balaban J connectivity index is 0.00000208. The third kappa shape index (κ3) is 4.24. The van der Waals surface area contributed by atoms with Gasteiger partial charge >= 0.3 is 6.18 Å². The zero-order valence-corrected chi connectivity index (χ0v) is 15.0. The fraction of sp³-hybridized carbons (Fsp3) is 0.375. The molecule has 1 aromatic heterocycles. The van der Waals surface area contributed by atoms with Crippen LogP contribution < -0.4 is 5.32 Å². The third-order valence-electron chi connectivity index (χ3n) is 3.94. The van der Waals surface area contributed by atoms with E-state index in [2.05, 4.69) is 10.2 Å². The first-order valence-electron chi connectivity index (χ1n) is 7.33. The van der Waals surface area contributed by atoms with Crippen molar-refractivity contribution in [3.63, 3.8) is 0 Å². The Bertz CT molecular complexity index is 669. The van der Waals surface area contributed by atoms with Gasteiger partial charge in [0, 0.05) is 31.1 Å². The van der Waals surface area contributed by atoms with Gasteiger partial charge in [0.15, 0.2) is 0 Å². The summed E-state index contributed by atoms with van der Waals surface area (Å²) >= 11 is 7.37. The van der Waals surface area contributed by atoms with Crippen LogP contribution >= 0.6 is 35.3 Å². The van der Waals surface area contributed by atoms with E-state index >= 15 is 0 Å². The fourth-order valence-electron chi connectivity index (χ4n) is 2.94. The first-order chi connectivity index (χ1) is 11.0. The third-order valence-corrected chi connectivity index (χ3v) is 5.22. The van der Waals surface area contributed by atoms with Gasteiger partial charge in [-0.15, -0.1) is 23.7 Å². The van der Waals surface area contributed by atoms with Crippen molar-refractivity contribution in [3.8, 4) is 0 Å². The fourth-order valence-corrected chi connectivity index (χ4v) is 4.15. The first-order valence-corrected chi connectivity index (χ1v) is 8.52. The highest BCUT2D eigenvalue weighted by Gasteiger charge is 2.37. The van der Waals surface area contributed by atoms with Crippen molar-refractivity contribution in [3.05, 3.63) is 56.7 Å². The molecule has 1 aliphatic heterocycles. The summed E-state index contributed by atoms with van der Waals surface area (Å²) in [7, 11) is 0. The van der Waals surface area contributed by atoms with Crippen molar-refractivity contribution in [1.82, 2.24) is 10.2 Å². The van der Waals surface area contributed by atoms with Crippen molar-refractivity contribution >= 4 is 35.3 Å². The molecule has 1 atom stereocenters. The summed E-state index contributed by atoms with van der Waals surface area (Å²) in [6.07, 6.45) is -4.37. The van der Waals surface area contributed by atoms with E-state index in [0.29, 0.717) is 23.0 Å². The maximum Gasteiger partial charge on any atom is 0.416 e. The molecule has 0 radical (unpaired) electrons. The molecule has 1 aromatic carbocycles. The highest BCUT2D eigenvalue weighted by molar-refractivity contribution is 7.16. The van der Waals surface area contributed by atoms with Gasteiger partial charge in [0.05, 0.1) is 15.9 Å². The zero-order chi connectivity index (χ0) is 16.4. The number of thiophene rings is 1. The molecule has 0 amide bonds. The van der Waals surface area contributed by atoms with Gasteiger partial charge in [-0.3, -0.25) is 4.90 Å². The lowest BCUT2D eigenvalue weighted by Crippen LogP contribution is -2.45. The van der Waals surface area contributed by atoms with E-state index in [1.807, 2.05) is 6.07 Å². The highest BCUT2D eigenvalue weighted by atomic mass is 35.5. The minimum atomic E-state index is -4.37. The number of benzene rings is 1. The number of hydrogen-bond donors (Lipinski definition) is 1. The quantitative estimate of drug-likeness (QED) is 0.798. The molecule has 2 aromatic rings. The molecule has 0 aliphatic carbocycles. The van der Waals surface area contributed by atoms with E-state index in [4.69, 9.17) is 11.6 Å². The molecule has 2 heterocycles. The van der Waals surface area contributed by atoms with E-state index in [1.54, 1.807) is 18.2 Å². The Morgan fingerprint density at radius 1 is 1.08 bits per heavy atom. The van der Waals surface area contributed by atoms with Crippen LogP contribution in [0.5, 0.6) is 0 Å². The number of alkyl halides is 3.